The van der Waals surface area contributed by atoms with Gasteiger partial charge in [-0.05, 0) is 24.3 Å². The maximum absolute atomic E-state index is 5.89. The summed E-state index contributed by atoms with van der Waals surface area (Å²) >= 11 is 0. The van der Waals surface area contributed by atoms with Crippen LogP contribution in [0.3, 0.4) is 0 Å². The summed E-state index contributed by atoms with van der Waals surface area (Å²) in [6, 6.07) is 12.0. The first-order valence-electron chi connectivity index (χ1n) is 10.0. The van der Waals surface area contributed by atoms with Crippen LogP contribution in [0.2, 0.25) is 0 Å². The first kappa shape index (κ1) is 19.5. The maximum atomic E-state index is 5.89. The average Bonchev–Trinajstić information content (AvgIpc) is 3.17. The van der Waals surface area contributed by atoms with Crippen LogP contribution in [0.5, 0.6) is 17.2 Å². The van der Waals surface area contributed by atoms with E-state index in [9.17, 15) is 0 Å². The zero-order valence-corrected chi connectivity index (χ0v) is 17.3. The lowest BCUT2D eigenvalue weighted by Gasteiger charge is -2.29. The zero-order chi connectivity index (χ0) is 20.2. The Kier molecular flexibility index (Phi) is 5.87. The summed E-state index contributed by atoms with van der Waals surface area (Å²) in [4.78, 5) is 7.67. The van der Waals surface area contributed by atoms with Crippen molar-refractivity contribution in [2.45, 2.75) is 13.1 Å². The van der Waals surface area contributed by atoms with Crippen LogP contribution in [0, 0.1) is 0 Å². The Labute approximate surface area is 170 Å². The van der Waals surface area contributed by atoms with E-state index in [0.29, 0.717) is 11.5 Å². The Balaban J connectivity index is 1.37. The average molecular weight is 399 g/mol. The second-order valence-electron chi connectivity index (χ2n) is 7.42. The topological polar surface area (TPSA) is 62.6 Å². The van der Waals surface area contributed by atoms with Gasteiger partial charge in [0, 0.05) is 0 Å². The Morgan fingerprint density at radius 2 is 1.52 bits per heavy atom. The Bertz CT molecular complexity index is 931. The van der Waals surface area contributed by atoms with Gasteiger partial charge < -0.3 is 28.4 Å². The molecule has 154 valence electrons. The third kappa shape index (κ3) is 4.16. The number of ether oxygens (including phenoxy) is 3. The number of hydrogen-bond acceptors (Lipinski definition) is 5. The lowest BCUT2D eigenvalue weighted by Crippen LogP contribution is -3.27. The minimum atomic E-state index is 0.659. The third-order valence-corrected chi connectivity index (χ3v) is 5.63. The maximum Gasteiger partial charge on any atom is 0.251 e. The SMILES string of the molecule is COc1ccc(C[NH+]2CC[NH+](Cc3nc4ccccc4o3)CC2)c(OC)c1OC. The predicted octanol–water partition coefficient (Wildman–Crippen LogP) is 0.337. The fraction of sp³-hybridized carbons (Fsp3) is 0.409. The molecule has 1 fully saturated rings. The van der Waals surface area contributed by atoms with Gasteiger partial charge >= 0.3 is 0 Å². The summed E-state index contributed by atoms with van der Waals surface area (Å²) in [5.41, 5.74) is 2.95. The predicted molar refractivity (Wildman–Crippen MR) is 109 cm³/mol. The molecule has 1 aliphatic rings. The number of methoxy groups -OCH3 is 3. The van der Waals surface area contributed by atoms with E-state index in [1.54, 1.807) is 21.3 Å². The molecule has 1 aromatic heterocycles. The van der Waals surface area contributed by atoms with Gasteiger partial charge in [0.2, 0.25) is 5.75 Å². The van der Waals surface area contributed by atoms with Gasteiger partial charge in [0.15, 0.2) is 23.6 Å². The van der Waals surface area contributed by atoms with E-state index in [1.807, 2.05) is 30.3 Å². The second-order valence-corrected chi connectivity index (χ2v) is 7.42. The van der Waals surface area contributed by atoms with Crippen LogP contribution in [0.15, 0.2) is 40.8 Å². The molecule has 1 saturated heterocycles. The number of hydrogen-bond donors (Lipinski definition) is 2. The van der Waals surface area contributed by atoms with Crippen LogP contribution in [0.1, 0.15) is 11.5 Å². The van der Waals surface area contributed by atoms with Crippen molar-refractivity contribution in [3.8, 4) is 17.2 Å². The first-order valence-corrected chi connectivity index (χ1v) is 10.0. The van der Waals surface area contributed by atoms with Crippen LogP contribution < -0.4 is 24.0 Å². The van der Waals surface area contributed by atoms with Crippen molar-refractivity contribution in [1.82, 2.24) is 4.98 Å². The number of benzene rings is 2. The van der Waals surface area contributed by atoms with Gasteiger partial charge in [0.1, 0.15) is 38.2 Å². The molecule has 0 bridgehead atoms. The van der Waals surface area contributed by atoms with Crippen molar-refractivity contribution >= 4 is 11.1 Å². The molecule has 2 aromatic carbocycles. The van der Waals surface area contributed by atoms with Gasteiger partial charge in [-0.15, -0.1) is 0 Å². The highest BCUT2D eigenvalue weighted by molar-refractivity contribution is 5.72. The quantitative estimate of drug-likeness (QED) is 0.600. The molecule has 2 N–H and O–H groups in total. The van der Waals surface area contributed by atoms with Crippen LogP contribution in [0.4, 0.5) is 0 Å². The molecular weight excluding hydrogens is 370 g/mol. The fourth-order valence-corrected chi connectivity index (χ4v) is 4.09. The third-order valence-electron chi connectivity index (χ3n) is 5.63. The number of para-hydroxylation sites is 2. The molecule has 0 aliphatic carbocycles. The number of quaternary nitrogens is 2. The summed E-state index contributed by atoms with van der Waals surface area (Å²) < 4.78 is 22.4. The molecule has 0 atom stereocenters. The van der Waals surface area contributed by atoms with Gasteiger partial charge in [-0.25, -0.2) is 4.98 Å². The van der Waals surface area contributed by atoms with Crippen molar-refractivity contribution in [1.29, 1.82) is 0 Å². The second kappa shape index (κ2) is 8.71. The minimum absolute atomic E-state index is 0.659. The van der Waals surface area contributed by atoms with E-state index in [0.717, 1.165) is 67.6 Å². The highest BCUT2D eigenvalue weighted by Crippen LogP contribution is 2.39. The normalized spacial score (nSPS) is 19.3. The van der Waals surface area contributed by atoms with Gasteiger partial charge in [0.05, 0.1) is 26.9 Å². The molecule has 3 aromatic rings. The zero-order valence-electron chi connectivity index (χ0n) is 17.3. The molecule has 0 amide bonds. The lowest BCUT2D eigenvalue weighted by atomic mass is 10.1. The number of nitrogens with zero attached hydrogens (tertiary/aromatic N) is 1. The van der Waals surface area contributed by atoms with Crippen molar-refractivity contribution < 1.29 is 28.4 Å². The molecule has 4 rings (SSSR count). The summed E-state index contributed by atoms with van der Waals surface area (Å²) in [5, 5.41) is 0. The molecule has 0 saturated carbocycles. The summed E-state index contributed by atoms with van der Waals surface area (Å²) in [5.74, 6) is 2.94. The molecule has 0 spiro atoms. The van der Waals surface area contributed by atoms with E-state index in [4.69, 9.17) is 18.6 Å². The van der Waals surface area contributed by atoms with Crippen LogP contribution in [0.25, 0.3) is 11.1 Å². The molecule has 7 heteroatoms. The fourth-order valence-electron chi connectivity index (χ4n) is 4.09. The Hall–Kier alpha value is -2.77. The molecule has 7 nitrogen and oxygen atoms in total. The molecule has 2 heterocycles. The number of rotatable bonds is 7. The Morgan fingerprint density at radius 3 is 2.17 bits per heavy atom. The smallest absolute Gasteiger partial charge is 0.251 e. The van der Waals surface area contributed by atoms with Gasteiger partial charge in [-0.3, -0.25) is 0 Å². The van der Waals surface area contributed by atoms with Crippen molar-refractivity contribution in [3.05, 3.63) is 47.9 Å². The van der Waals surface area contributed by atoms with E-state index in [-0.39, 0.29) is 0 Å². The van der Waals surface area contributed by atoms with Gasteiger partial charge in [0.25, 0.3) is 5.89 Å². The van der Waals surface area contributed by atoms with E-state index >= 15 is 0 Å². The van der Waals surface area contributed by atoms with E-state index in [2.05, 4.69) is 11.1 Å². The molecule has 29 heavy (non-hydrogen) atoms. The number of aromatic nitrogens is 1. The number of fused-ring (bicyclic) bond motifs is 1. The van der Waals surface area contributed by atoms with E-state index < -0.39 is 0 Å². The standard InChI is InChI=1S/C22H27N3O4/c1-26-19-9-8-16(21(27-2)22(19)28-3)14-24-10-12-25(13-11-24)15-20-23-17-6-4-5-7-18(17)29-20/h4-9H,10-15H2,1-3H3/p+2. The largest absolute Gasteiger partial charge is 0.493 e. The van der Waals surface area contributed by atoms with Crippen LogP contribution in [-0.2, 0) is 13.1 Å². The van der Waals surface area contributed by atoms with Crippen LogP contribution >= 0.6 is 0 Å². The lowest BCUT2D eigenvalue weighted by molar-refractivity contribution is -1.02. The monoisotopic (exact) mass is 399 g/mol. The Morgan fingerprint density at radius 1 is 0.828 bits per heavy atom. The molecule has 0 radical (unpaired) electrons. The number of piperazine rings is 1. The van der Waals surface area contributed by atoms with Crippen molar-refractivity contribution in [2.24, 2.45) is 0 Å². The summed E-state index contributed by atoms with van der Waals surface area (Å²) in [7, 11) is 4.96. The molecule has 0 unspecified atom stereocenters. The van der Waals surface area contributed by atoms with Gasteiger partial charge in [-0.2, -0.15) is 0 Å². The van der Waals surface area contributed by atoms with Gasteiger partial charge in [-0.1, -0.05) is 12.1 Å². The highest BCUT2D eigenvalue weighted by Gasteiger charge is 2.26. The van der Waals surface area contributed by atoms with Crippen molar-refractivity contribution in [3.63, 3.8) is 0 Å². The number of nitrogens with one attached hydrogen (secondary N) is 2. The summed E-state index contributed by atoms with van der Waals surface area (Å²) in [6.07, 6.45) is 0. The molecule has 1 aliphatic heterocycles. The van der Waals surface area contributed by atoms with Crippen LogP contribution in [-0.4, -0.2) is 52.5 Å². The van der Waals surface area contributed by atoms with Crippen molar-refractivity contribution in [2.75, 3.05) is 47.5 Å². The summed E-state index contributed by atoms with van der Waals surface area (Å²) in [6.45, 7) is 6.09. The highest BCUT2D eigenvalue weighted by atomic mass is 16.5. The molecular formula is C22H29N3O4+2. The minimum Gasteiger partial charge on any atom is -0.493 e. The van der Waals surface area contributed by atoms with E-state index in [1.165, 1.54) is 9.80 Å². The first-order chi connectivity index (χ1) is 14.2. The number of oxazole rings is 1.